The van der Waals surface area contributed by atoms with Crippen LogP contribution in [0.4, 0.5) is 23.0 Å². The van der Waals surface area contributed by atoms with Crippen LogP contribution < -0.4 is 10.6 Å². The van der Waals surface area contributed by atoms with Gasteiger partial charge in [0, 0.05) is 28.8 Å². The molecule has 3 amide bonds. The predicted octanol–water partition coefficient (Wildman–Crippen LogP) is 2.98. The van der Waals surface area contributed by atoms with E-state index in [9.17, 15) is 24.5 Å². The van der Waals surface area contributed by atoms with Gasteiger partial charge >= 0.3 is 0 Å². The number of amides is 3. The number of nitro groups is 1. The van der Waals surface area contributed by atoms with Crippen LogP contribution in [-0.4, -0.2) is 44.1 Å². The maximum Gasteiger partial charge on any atom is 0.282 e. The van der Waals surface area contributed by atoms with Crippen LogP contribution in [0.25, 0.3) is 0 Å². The summed E-state index contributed by atoms with van der Waals surface area (Å²) in [4.78, 5) is 57.3. The second kappa shape index (κ2) is 8.46. The van der Waals surface area contributed by atoms with Gasteiger partial charge in [-0.2, -0.15) is 0 Å². The number of anilines is 3. The fraction of sp³-hybridized carbons (Fsp3) is 0.136. The molecule has 4 rings (SSSR count). The van der Waals surface area contributed by atoms with Gasteiger partial charge in [-0.25, -0.2) is 9.97 Å². The minimum Gasteiger partial charge on any atom is -0.325 e. The highest BCUT2D eigenvalue weighted by molar-refractivity contribution is 6.24. The van der Waals surface area contributed by atoms with Crippen LogP contribution in [0.2, 0.25) is 0 Å². The molecule has 166 valence electrons. The number of carbonyl (C=O) groups is 3. The molecule has 0 fully saturated rings. The first-order valence-corrected chi connectivity index (χ1v) is 9.86. The summed E-state index contributed by atoms with van der Waals surface area (Å²) in [5, 5.41) is 16.9. The first kappa shape index (κ1) is 21.6. The topological polar surface area (TPSA) is 147 Å². The summed E-state index contributed by atoms with van der Waals surface area (Å²) in [6.07, 6.45) is 0. The molecule has 3 aromatic rings. The lowest BCUT2D eigenvalue weighted by Crippen LogP contribution is -2.37. The summed E-state index contributed by atoms with van der Waals surface area (Å²) < 4.78 is 0. The Morgan fingerprint density at radius 1 is 1.00 bits per heavy atom. The number of carbonyl (C=O) groups excluding carboxylic acids is 3. The molecule has 33 heavy (non-hydrogen) atoms. The van der Waals surface area contributed by atoms with Crippen LogP contribution in [0.1, 0.15) is 32.1 Å². The van der Waals surface area contributed by atoms with Crippen molar-refractivity contribution in [3.05, 3.63) is 81.2 Å². The number of hydrogen-bond acceptors (Lipinski definition) is 8. The first-order valence-electron chi connectivity index (χ1n) is 9.86. The van der Waals surface area contributed by atoms with Crippen LogP contribution in [0.5, 0.6) is 0 Å². The second-order valence-electron chi connectivity index (χ2n) is 7.38. The monoisotopic (exact) mass is 446 g/mol. The van der Waals surface area contributed by atoms with Crippen molar-refractivity contribution in [2.45, 2.75) is 13.8 Å². The van der Waals surface area contributed by atoms with E-state index in [4.69, 9.17) is 0 Å². The Labute approximate surface area is 187 Å². The summed E-state index contributed by atoms with van der Waals surface area (Å²) in [6, 6.07) is 12.3. The number of aromatic nitrogens is 2. The normalized spacial score (nSPS) is 12.5. The molecule has 0 saturated carbocycles. The Hall–Kier alpha value is -4.67. The van der Waals surface area contributed by atoms with E-state index in [1.807, 2.05) is 19.9 Å². The number of nitrogens with zero attached hydrogens (tertiary/aromatic N) is 4. The molecule has 2 heterocycles. The lowest BCUT2D eigenvalue weighted by atomic mass is 10.1. The fourth-order valence-corrected chi connectivity index (χ4v) is 3.50. The van der Waals surface area contributed by atoms with E-state index in [1.165, 1.54) is 12.1 Å². The Kier molecular flexibility index (Phi) is 5.53. The van der Waals surface area contributed by atoms with Crippen molar-refractivity contribution in [2.24, 2.45) is 0 Å². The number of imide groups is 1. The number of aryl methyl sites for hydroxylation is 2. The van der Waals surface area contributed by atoms with Crippen LogP contribution in [0, 0.1) is 24.0 Å². The van der Waals surface area contributed by atoms with Crippen molar-refractivity contribution < 1.29 is 19.3 Å². The average molecular weight is 446 g/mol. The highest BCUT2D eigenvalue weighted by Crippen LogP contribution is 2.30. The maximum absolute atomic E-state index is 12.6. The molecule has 11 heteroatoms. The van der Waals surface area contributed by atoms with E-state index < -0.39 is 34.9 Å². The summed E-state index contributed by atoms with van der Waals surface area (Å²) >= 11 is 0. The van der Waals surface area contributed by atoms with E-state index in [-0.39, 0.29) is 11.1 Å². The Balaban J connectivity index is 1.42. The molecule has 2 N–H and O–H groups in total. The highest BCUT2D eigenvalue weighted by Gasteiger charge is 2.41. The average Bonchev–Trinajstić information content (AvgIpc) is 2.99. The highest BCUT2D eigenvalue weighted by atomic mass is 16.6. The number of hydrogen-bond donors (Lipinski definition) is 2. The van der Waals surface area contributed by atoms with E-state index in [2.05, 4.69) is 20.6 Å². The van der Waals surface area contributed by atoms with Crippen molar-refractivity contribution >= 4 is 40.7 Å². The van der Waals surface area contributed by atoms with Gasteiger partial charge < -0.3 is 10.6 Å². The number of nitro benzene ring substituents is 1. The zero-order chi connectivity index (χ0) is 23.7. The van der Waals surface area contributed by atoms with Gasteiger partial charge in [0.05, 0.1) is 10.5 Å². The van der Waals surface area contributed by atoms with E-state index in [0.717, 1.165) is 17.5 Å². The largest absolute Gasteiger partial charge is 0.325 e. The van der Waals surface area contributed by atoms with E-state index >= 15 is 0 Å². The smallest absolute Gasteiger partial charge is 0.282 e. The van der Waals surface area contributed by atoms with Crippen LogP contribution in [0.3, 0.4) is 0 Å². The third-order valence-electron chi connectivity index (χ3n) is 4.88. The van der Waals surface area contributed by atoms with Gasteiger partial charge in [-0.1, -0.05) is 6.07 Å². The van der Waals surface area contributed by atoms with Crippen LogP contribution >= 0.6 is 0 Å². The third kappa shape index (κ3) is 4.37. The summed E-state index contributed by atoms with van der Waals surface area (Å²) in [6.45, 7) is 3.16. The summed E-state index contributed by atoms with van der Waals surface area (Å²) in [7, 11) is 0. The Morgan fingerprint density at radius 3 is 2.27 bits per heavy atom. The Morgan fingerprint density at radius 2 is 1.64 bits per heavy atom. The summed E-state index contributed by atoms with van der Waals surface area (Å²) in [5.74, 6) is -1.79. The van der Waals surface area contributed by atoms with Gasteiger partial charge in [-0.3, -0.25) is 29.4 Å². The van der Waals surface area contributed by atoms with Gasteiger partial charge in [0.15, 0.2) is 0 Å². The first-order chi connectivity index (χ1) is 15.7. The van der Waals surface area contributed by atoms with Crippen molar-refractivity contribution in [1.29, 1.82) is 0 Å². The molecule has 0 aliphatic carbocycles. The molecule has 2 aromatic carbocycles. The molecule has 0 unspecified atom stereocenters. The number of nitrogens with one attached hydrogen (secondary N) is 2. The molecule has 0 bridgehead atoms. The van der Waals surface area contributed by atoms with Crippen molar-refractivity contribution in [3.63, 3.8) is 0 Å². The fourth-order valence-electron chi connectivity index (χ4n) is 3.50. The number of benzene rings is 2. The van der Waals surface area contributed by atoms with Crippen LogP contribution in [0.15, 0.2) is 48.5 Å². The zero-order valence-electron chi connectivity index (χ0n) is 17.7. The molecule has 0 saturated heterocycles. The molecule has 0 spiro atoms. The molecule has 1 aliphatic heterocycles. The minimum absolute atomic E-state index is 0.0916. The minimum atomic E-state index is -0.870. The van der Waals surface area contributed by atoms with Gasteiger partial charge in [-0.05, 0) is 50.2 Å². The van der Waals surface area contributed by atoms with Gasteiger partial charge in [0.25, 0.3) is 17.5 Å². The lowest BCUT2D eigenvalue weighted by Gasteiger charge is -2.14. The lowest BCUT2D eigenvalue weighted by molar-refractivity contribution is -0.385. The molecule has 0 radical (unpaired) electrons. The number of fused-ring (bicyclic) bond motifs is 1. The molecule has 0 atom stereocenters. The predicted molar refractivity (Wildman–Crippen MR) is 118 cm³/mol. The standard InChI is InChI=1S/C22H18N6O5/c1-12-10-13(2)24-22(23-12)26-15-8-6-14(7-9-15)25-18(29)11-27-20(30)16-4-3-5-17(28(32)33)19(16)21(27)31/h3-10H,11H2,1-2H3,(H,25,29)(H,23,24,26). The van der Waals surface area contributed by atoms with Crippen LogP contribution in [-0.2, 0) is 4.79 Å². The second-order valence-corrected chi connectivity index (χ2v) is 7.38. The van der Waals surface area contributed by atoms with Crippen molar-refractivity contribution in [2.75, 3.05) is 17.2 Å². The zero-order valence-corrected chi connectivity index (χ0v) is 17.7. The van der Waals surface area contributed by atoms with E-state index in [0.29, 0.717) is 22.2 Å². The molecule has 1 aromatic heterocycles. The van der Waals surface area contributed by atoms with Crippen molar-refractivity contribution in [3.8, 4) is 0 Å². The number of rotatable bonds is 6. The summed E-state index contributed by atoms with van der Waals surface area (Å²) in [5.41, 5.74) is 1.93. The molecular weight excluding hydrogens is 428 g/mol. The SMILES string of the molecule is Cc1cc(C)nc(Nc2ccc(NC(=O)CN3C(=O)c4cccc([N+](=O)[O-])c4C3=O)cc2)n1. The van der Waals surface area contributed by atoms with Gasteiger partial charge in [-0.15, -0.1) is 0 Å². The quantitative estimate of drug-likeness (QED) is 0.334. The van der Waals surface area contributed by atoms with Crippen molar-refractivity contribution in [1.82, 2.24) is 14.9 Å². The van der Waals surface area contributed by atoms with Gasteiger partial charge in [0.1, 0.15) is 12.1 Å². The Bertz CT molecular complexity index is 1280. The molecule has 1 aliphatic rings. The third-order valence-corrected chi connectivity index (χ3v) is 4.88. The molecular formula is C22H18N6O5. The maximum atomic E-state index is 12.6. The van der Waals surface area contributed by atoms with Gasteiger partial charge in [0.2, 0.25) is 11.9 Å². The molecule has 11 nitrogen and oxygen atoms in total. The van der Waals surface area contributed by atoms with E-state index in [1.54, 1.807) is 24.3 Å².